The van der Waals surface area contributed by atoms with Crippen LogP contribution < -0.4 is 0 Å². The third-order valence-corrected chi connectivity index (χ3v) is 3.27. The molecule has 0 bridgehead atoms. The molecule has 0 aromatic heterocycles. The van der Waals surface area contributed by atoms with Crippen molar-refractivity contribution in [3.8, 4) is 0 Å². The number of rotatable bonds is 4. The lowest BCUT2D eigenvalue weighted by molar-refractivity contribution is -0.229. The quantitative estimate of drug-likeness (QED) is 0.833. The lowest BCUT2D eigenvalue weighted by atomic mass is 9.98. The number of hydrogen-bond donors (Lipinski definition) is 1. The van der Waals surface area contributed by atoms with Gasteiger partial charge in [0.2, 0.25) is 0 Å². The number of carbonyl (C=O) groups excluding carboxylic acids is 1. The molecule has 6 heteroatoms. The normalized spacial score (nSPS) is 22.0. The Morgan fingerprint density at radius 1 is 1.42 bits per heavy atom. The summed E-state index contributed by atoms with van der Waals surface area (Å²) in [4.78, 5) is 29.2. The monoisotopic (exact) mass is 264 g/mol. The van der Waals surface area contributed by atoms with Gasteiger partial charge >= 0.3 is 6.09 Å². The third-order valence-electron chi connectivity index (χ3n) is 3.27. The van der Waals surface area contributed by atoms with Crippen LogP contribution in [0.4, 0.5) is 4.79 Å². The van der Waals surface area contributed by atoms with Gasteiger partial charge in [0.1, 0.15) is 6.04 Å². The molecule has 2 rings (SSSR count). The Morgan fingerprint density at radius 3 is 2.53 bits per heavy atom. The van der Waals surface area contributed by atoms with Crippen molar-refractivity contribution in [1.82, 2.24) is 9.96 Å². The summed E-state index contributed by atoms with van der Waals surface area (Å²) in [6.45, 7) is 1.95. The first kappa shape index (κ1) is 13.4. The Morgan fingerprint density at radius 2 is 2.05 bits per heavy atom. The predicted octanol–water partition coefficient (Wildman–Crippen LogP) is 1.33. The van der Waals surface area contributed by atoms with E-state index in [2.05, 4.69) is 0 Å². The van der Waals surface area contributed by atoms with Gasteiger partial charge in [0.25, 0.3) is 5.91 Å². The molecular formula is C13H16N2O4. The number of hydrogen-bond acceptors (Lipinski definition) is 3. The van der Waals surface area contributed by atoms with E-state index in [9.17, 15) is 14.7 Å². The summed E-state index contributed by atoms with van der Waals surface area (Å²) in [6, 6.07) is 8.23. The van der Waals surface area contributed by atoms with Crippen molar-refractivity contribution < 1.29 is 19.5 Å². The summed E-state index contributed by atoms with van der Waals surface area (Å²) in [6.07, 6.45) is -1.11. The first-order chi connectivity index (χ1) is 9.06. The van der Waals surface area contributed by atoms with E-state index in [1.807, 2.05) is 30.3 Å². The molecule has 0 saturated carbocycles. The van der Waals surface area contributed by atoms with Crippen LogP contribution in [0.3, 0.4) is 0 Å². The van der Waals surface area contributed by atoms with E-state index >= 15 is 0 Å². The van der Waals surface area contributed by atoms with E-state index in [0.717, 1.165) is 10.5 Å². The zero-order valence-corrected chi connectivity index (χ0v) is 10.8. The van der Waals surface area contributed by atoms with Gasteiger partial charge in [-0.25, -0.2) is 9.86 Å². The van der Waals surface area contributed by atoms with Gasteiger partial charge in [0.15, 0.2) is 0 Å². The molecule has 6 nitrogen and oxygen atoms in total. The van der Waals surface area contributed by atoms with Gasteiger partial charge in [-0.1, -0.05) is 30.3 Å². The smallest absolute Gasteiger partial charge is 0.408 e. The number of amides is 2. The SMILES string of the molecule is CON1C(=O)C(N(Cc2ccccc2)C(=O)O)C1C. The number of carbonyl (C=O) groups is 2. The average Bonchev–Trinajstić information content (AvgIpc) is 2.39. The molecule has 2 amide bonds. The minimum absolute atomic E-state index is 0.189. The van der Waals surface area contributed by atoms with Crippen LogP contribution in [0.15, 0.2) is 30.3 Å². The highest BCUT2D eigenvalue weighted by atomic mass is 16.7. The number of benzene rings is 1. The van der Waals surface area contributed by atoms with Gasteiger partial charge < -0.3 is 5.11 Å². The molecular weight excluding hydrogens is 248 g/mol. The van der Waals surface area contributed by atoms with Crippen LogP contribution in [0.2, 0.25) is 0 Å². The number of nitrogens with zero attached hydrogens (tertiary/aromatic N) is 2. The largest absolute Gasteiger partial charge is 0.465 e. The fourth-order valence-electron chi connectivity index (χ4n) is 2.30. The van der Waals surface area contributed by atoms with E-state index in [-0.39, 0.29) is 18.5 Å². The molecule has 1 aliphatic rings. The molecule has 1 fully saturated rings. The van der Waals surface area contributed by atoms with Gasteiger partial charge in [0.05, 0.1) is 13.2 Å². The molecule has 1 aliphatic heterocycles. The van der Waals surface area contributed by atoms with Crippen molar-refractivity contribution in [3.63, 3.8) is 0 Å². The molecule has 102 valence electrons. The standard InChI is InChI=1S/C13H16N2O4/c1-9-11(12(16)15(9)19-2)14(13(17)18)8-10-6-4-3-5-7-10/h3-7,9,11H,8H2,1-2H3,(H,17,18). The molecule has 0 aliphatic carbocycles. The van der Waals surface area contributed by atoms with Gasteiger partial charge in [-0.05, 0) is 12.5 Å². The summed E-state index contributed by atoms with van der Waals surface area (Å²) < 4.78 is 0. The highest BCUT2D eigenvalue weighted by molar-refractivity contribution is 5.91. The number of carboxylic acid groups (broad SMARTS) is 1. The zero-order valence-electron chi connectivity index (χ0n) is 10.8. The Labute approximate surface area is 111 Å². The lowest BCUT2D eigenvalue weighted by Gasteiger charge is -2.46. The van der Waals surface area contributed by atoms with E-state index in [0.29, 0.717) is 0 Å². The van der Waals surface area contributed by atoms with Crippen LogP contribution in [0.5, 0.6) is 0 Å². The van der Waals surface area contributed by atoms with Gasteiger partial charge in [-0.2, -0.15) is 0 Å². The molecule has 1 heterocycles. The molecule has 1 saturated heterocycles. The molecule has 1 aromatic carbocycles. The molecule has 2 unspecified atom stereocenters. The maximum absolute atomic E-state index is 11.8. The maximum atomic E-state index is 11.8. The molecule has 2 atom stereocenters. The van der Waals surface area contributed by atoms with E-state index in [4.69, 9.17) is 4.84 Å². The second kappa shape index (κ2) is 5.27. The van der Waals surface area contributed by atoms with E-state index in [1.165, 1.54) is 12.2 Å². The van der Waals surface area contributed by atoms with Crippen molar-refractivity contribution in [2.75, 3.05) is 7.11 Å². The Hall–Kier alpha value is -2.08. The highest BCUT2D eigenvalue weighted by Gasteiger charge is 2.50. The van der Waals surface area contributed by atoms with Crippen LogP contribution in [0.25, 0.3) is 0 Å². The van der Waals surface area contributed by atoms with Crippen LogP contribution in [-0.2, 0) is 16.2 Å². The lowest BCUT2D eigenvalue weighted by Crippen LogP contribution is -2.69. The van der Waals surface area contributed by atoms with Crippen molar-refractivity contribution in [2.24, 2.45) is 0 Å². The zero-order chi connectivity index (χ0) is 14.0. The van der Waals surface area contributed by atoms with Crippen LogP contribution in [-0.4, -0.2) is 46.3 Å². The van der Waals surface area contributed by atoms with Gasteiger partial charge in [0, 0.05) is 6.54 Å². The predicted molar refractivity (Wildman–Crippen MR) is 67.1 cm³/mol. The van der Waals surface area contributed by atoms with E-state index in [1.54, 1.807) is 6.92 Å². The first-order valence-electron chi connectivity index (χ1n) is 5.97. The Balaban J connectivity index is 2.14. The fourth-order valence-corrected chi connectivity index (χ4v) is 2.30. The minimum atomic E-state index is -1.11. The summed E-state index contributed by atoms with van der Waals surface area (Å²) in [5.41, 5.74) is 0.848. The second-order valence-corrected chi connectivity index (χ2v) is 4.43. The molecule has 19 heavy (non-hydrogen) atoms. The minimum Gasteiger partial charge on any atom is -0.465 e. The number of β-lactam (4-membered cyclic amide) rings is 1. The molecule has 1 N–H and O–H groups in total. The third kappa shape index (κ3) is 2.39. The van der Waals surface area contributed by atoms with E-state index < -0.39 is 12.1 Å². The summed E-state index contributed by atoms with van der Waals surface area (Å²) in [5.74, 6) is -0.326. The van der Waals surface area contributed by atoms with Crippen LogP contribution in [0, 0.1) is 0 Å². The summed E-state index contributed by atoms with van der Waals surface area (Å²) >= 11 is 0. The molecule has 1 aromatic rings. The molecule has 0 spiro atoms. The Kier molecular flexibility index (Phi) is 3.71. The fraction of sp³-hybridized carbons (Fsp3) is 0.385. The molecule has 0 radical (unpaired) electrons. The number of hydroxylamine groups is 2. The van der Waals surface area contributed by atoms with Crippen molar-refractivity contribution in [3.05, 3.63) is 35.9 Å². The van der Waals surface area contributed by atoms with Gasteiger partial charge in [-0.15, -0.1) is 0 Å². The summed E-state index contributed by atoms with van der Waals surface area (Å²) in [7, 11) is 1.40. The topological polar surface area (TPSA) is 70.1 Å². The van der Waals surface area contributed by atoms with Crippen molar-refractivity contribution >= 4 is 12.0 Å². The van der Waals surface area contributed by atoms with Crippen LogP contribution >= 0.6 is 0 Å². The van der Waals surface area contributed by atoms with Gasteiger partial charge in [-0.3, -0.25) is 14.5 Å². The summed E-state index contributed by atoms with van der Waals surface area (Å²) in [5, 5.41) is 10.5. The van der Waals surface area contributed by atoms with Crippen molar-refractivity contribution in [1.29, 1.82) is 0 Å². The first-order valence-corrected chi connectivity index (χ1v) is 5.97. The maximum Gasteiger partial charge on any atom is 0.408 e. The van der Waals surface area contributed by atoms with Crippen LogP contribution in [0.1, 0.15) is 12.5 Å². The second-order valence-electron chi connectivity index (χ2n) is 4.43. The Bertz CT molecular complexity index is 477. The van der Waals surface area contributed by atoms with Crippen molar-refractivity contribution in [2.45, 2.75) is 25.6 Å². The average molecular weight is 264 g/mol. The highest BCUT2D eigenvalue weighted by Crippen LogP contribution is 2.26.